The number of benzene rings is 2. The second-order valence-corrected chi connectivity index (χ2v) is 11.6. The molecular weight excluding hydrogens is 536 g/mol. The van der Waals surface area contributed by atoms with Gasteiger partial charge in [0.05, 0.1) is 6.61 Å². The standard InChI is InChI=1S/C32H40N4O6/c1-5-41-30(39)27-19-22-18-24(15-16-25(22)35-27)34-29(38)26(36-31(40)42-32(2,3)4)17-20-11-13-23(14-12-20)33-28(37)21-9-7-6-8-10-21/h11-16,18-19,21,26,35H,5-10,17H2,1-4H3,(H,33,37)(H,34,38)(H,36,40)/t26-/m0/s1. The topological polar surface area (TPSA) is 139 Å². The van der Waals surface area contributed by atoms with Crippen molar-refractivity contribution in [1.29, 1.82) is 0 Å². The lowest BCUT2D eigenvalue weighted by molar-refractivity contribution is -0.120. The van der Waals surface area contributed by atoms with Gasteiger partial charge in [0, 0.05) is 34.6 Å². The number of esters is 1. The van der Waals surface area contributed by atoms with Gasteiger partial charge in [-0.1, -0.05) is 31.4 Å². The molecule has 10 nitrogen and oxygen atoms in total. The number of aromatic amines is 1. The van der Waals surface area contributed by atoms with Crippen molar-refractivity contribution >= 4 is 46.2 Å². The summed E-state index contributed by atoms with van der Waals surface area (Å²) >= 11 is 0. The molecule has 1 fully saturated rings. The smallest absolute Gasteiger partial charge is 0.408 e. The Morgan fingerprint density at radius 3 is 2.29 bits per heavy atom. The Morgan fingerprint density at radius 2 is 1.62 bits per heavy atom. The van der Waals surface area contributed by atoms with Gasteiger partial charge in [0.15, 0.2) is 0 Å². The van der Waals surface area contributed by atoms with E-state index in [1.165, 1.54) is 6.42 Å². The first-order chi connectivity index (χ1) is 20.0. The monoisotopic (exact) mass is 576 g/mol. The minimum absolute atomic E-state index is 0.0417. The van der Waals surface area contributed by atoms with Crippen molar-refractivity contribution in [3.8, 4) is 0 Å². The number of hydrogen-bond donors (Lipinski definition) is 4. The summed E-state index contributed by atoms with van der Waals surface area (Å²) in [6.45, 7) is 7.25. The molecule has 0 spiro atoms. The molecule has 1 heterocycles. The lowest BCUT2D eigenvalue weighted by Gasteiger charge is -2.23. The number of alkyl carbamates (subject to hydrolysis) is 1. The summed E-state index contributed by atoms with van der Waals surface area (Å²) in [7, 11) is 0. The minimum atomic E-state index is -0.945. The van der Waals surface area contributed by atoms with Gasteiger partial charge in [-0.3, -0.25) is 9.59 Å². The average molecular weight is 577 g/mol. The molecule has 0 saturated heterocycles. The number of fused-ring (bicyclic) bond motifs is 1. The molecule has 4 N–H and O–H groups in total. The van der Waals surface area contributed by atoms with Crippen LogP contribution in [0.3, 0.4) is 0 Å². The van der Waals surface area contributed by atoms with Crippen LogP contribution in [0, 0.1) is 5.92 Å². The number of ether oxygens (including phenoxy) is 2. The van der Waals surface area contributed by atoms with Crippen molar-refractivity contribution in [2.75, 3.05) is 17.2 Å². The third-order valence-corrected chi connectivity index (χ3v) is 7.03. The van der Waals surface area contributed by atoms with Crippen LogP contribution in [-0.4, -0.2) is 47.1 Å². The Bertz CT molecular complexity index is 1420. The van der Waals surface area contributed by atoms with Crippen LogP contribution < -0.4 is 16.0 Å². The lowest BCUT2D eigenvalue weighted by atomic mass is 9.88. The van der Waals surface area contributed by atoms with Crippen molar-refractivity contribution in [1.82, 2.24) is 10.3 Å². The molecule has 0 unspecified atom stereocenters. The van der Waals surface area contributed by atoms with E-state index in [0.29, 0.717) is 17.1 Å². The lowest BCUT2D eigenvalue weighted by Crippen LogP contribution is -2.47. The summed E-state index contributed by atoms with van der Waals surface area (Å²) in [4.78, 5) is 53.8. The van der Waals surface area contributed by atoms with E-state index in [0.717, 1.165) is 42.1 Å². The second-order valence-electron chi connectivity index (χ2n) is 11.6. The molecule has 0 bridgehead atoms. The SMILES string of the molecule is CCOC(=O)c1cc2cc(NC(=O)[C@H](Cc3ccc(NC(=O)C4CCCCC4)cc3)NC(=O)OC(C)(C)C)ccc2[nH]1. The summed E-state index contributed by atoms with van der Waals surface area (Å²) in [6.07, 6.45) is 4.67. The normalized spacial score (nSPS) is 14.6. The predicted octanol–water partition coefficient (Wildman–Crippen LogP) is 5.94. The molecule has 224 valence electrons. The number of aromatic nitrogens is 1. The van der Waals surface area contributed by atoms with Crippen LogP contribution in [0.2, 0.25) is 0 Å². The third kappa shape index (κ3) is 8.58. The van der Waals surface area contributed by atoms with Crippen LogP contribution in [0.4, 0.5) is 16.2 Å². The largest absolute Gasteiger partial charge is 0.461 e. The molecule has 1 aliphatic carbocycles. The Labute approximate surface area is 245 Å². The highest BCUT2D eigenvalue weighted by Gasteiger charge is 2.26. The predicted molar refractivity (Wildman–Crippen MR) is 161 cm³/mol. The zero-order chi connectivity index (χ0) is 30.3. The maximum Gasteiger partial charge on any atom is 0.408 e. The molecule has 1 aromatic heterocycles. The fourth-order valence-corrected chi connectivity index (χ4v) is 4.99. The summed E-state index contributed by atoms with van der Waals surface area (Å²) in [5.74, 6) is -0.802. The molecular formula is C32H40N4O6. The van der Waals surface area contributed by atoms with Crippen LogP contribution in [0.1, 0.15) is 75.9 Å². The molecule has 0 aliphatic heterocycles. The van der Waals surface area contributed by atoms with E-state index in [1.807, 2.05) is 12.1 Å². The molecule has 42 heavy (non-hydrogen) atoms. The van der Waals surface area contributed by atoms with Crippen LogP contribution in [0.15, 0.2) is 48.5 Å². The molecule has 0 radical (unpaired) electrons. The zero-order valence-corrected chi connectivity index (χ0v) is 24.7. The Balaban J connectivity index is 1.46. The van der Waals surface area contributed by atoms with Gasteiger partial charge in [0.2, 0.25) is 11.8 Å². The van der Waals surface area contributed by atoms with Gasteiger partial charge >= 0.3 is 12.1 Å². The zero-order valence-electron chi connectivity index (χ0n) is 24.7. The third-order valence-electron chi connectivity index (χ3n) is 7.03. The molecule has 4 rings (SSSR count). The van der Waals surface area contributed by atoms with Crippen LogP contribution in [-0.2, 0) is 25.5 Å². The van der Waals surface area contributed by atoms with E-state index in [1.54, 1.807) is 64.1 Å². The van der Waals surface area contributed by atoms with Gasteiger partial charge in [-0.15, -0.1) is 0 Å². The number of hydrogen-bond acceptors (Lipinski definition) is 6. The van der Waals surface area contributed by atoms with Gasteiger partial charge in [0.25, 0.3) is 0 Å². The Morgan fingerprint density at radius 1 is 0.929 bits per heavy atom. The Hall–Kier alpha value is -4.34. The van der Waals surface area contributed by atoms with Crippen molar-refractivity contribution in [2.24, 2.45) is 5.92 Å². The number of rotatable bonds is 9. The first kappa shape index (κ1) is 30.6. The summed E-state index contributed by atoms with van der Waals surface area (Å²) in [5.41, 5.74) is 2.28. The second kappa shape index (κ2) is 13.5. The van der Waals surface area contributed by atoms with Crippen molar-refractivity contribution in [3.05, 3.63) is 59.8 Å². The molecule has 10 heteroatoms. The average Bonchev–Trinajstić information content (AvgIpc) is 3.37. The summed E-state index contributed by atoms with van der Waals surface area (Å²) in [5, 5.41) is 9.27. The van der Waals surface area contributed by atoms with Crippen molar-refractivity contribution in [3.63, 3.8) is 0 Å². The van der Waals surface area contributed by atoms with Crippen LogP contribution in [0.5, 0.6) is 0 Å². The van der Waals surface area contributed by atoms with E-state index in [-0.39, 0.29) is 24.9 Å². The highest BCUT2D eigenvalue weighted by Crippen LogP contribution is 2.25. The van der Waals surface area contributed by atoms with E-state index in [4.69, 9.17) is 9.47 Å². The van der Waals surface area contributed by atoms with Crippen molar-refractivity contribution in [2.45, 2.75) is 77.9 Å². The first-order valence-electron chi connectivity index (χ1n) is 14.5. The maximum atomic E-state index is 13.4. The number of nitrogens with one attached hydrogen (secondary N) is 4. The molecule has 2 aromatic carbocycles. The van der Waals surface area contributed by atoms with Crippen LogP contribution >= 0.6 is 0 Å². The number of amides is 3. The first-order valence-corrected chi connectivity index (χ1v) is 14.5. The number of carbonyl (C=O) groups is 4. The fourth-order valence-electron chi connectivity index (χ4n) is 4.99. The summed E-state index contributed by atoms with van der Waals surface area (Å²) < 4.78 is 10.5. The molecule has 1 atom stereocenters. The highest BCUT2D eigenvalue weighted by atomic mass is 16.6. The van der Waals surface area contributed by atoms with E-state index >= 15 is 0 Å². The minimum Gasteiger partial charge on any atom is -0.461 e. The van der Waals surface area contributed by atoms with Gasteiger partial charge in [-0.05, 0) is 82.5 Å². The van der Waals surface area contributed by atoms with E-state index in [2.05, 4.69) is 20.9 Å². The number of anilines is 2. The van der Waals surface area contributed by atoms with Gasteiger partial charge < -0.3 is 30.4 Å². The summed E-state index contributed by atoms with van der Waals surface area (Å²) in [6, 6.07) is 13.2. The highest BCUT2D eigenvalue weighted by molar-refractivity contribution is 6.00. The number of carbonyl (C=O) groups excluding carboxylic acids is 4. The van der Waals surface area contributed by atoms with Crippen molar-refractivity contribution < 1.29 is 28.7 Å². The van der Waals surface area contributed by atoms with Gasteiger partial charge in [0.1, 0.15) is 17.3 Å². The molecule has 1 saturated carbocycles. The van der Waals surface area contributed by atoms with Gasteiger partial charge in [-0.25, -0.2) is 9.59 Å². The fraction of sp³-hybridized carbons (Fsp3) is 0.438. The molecule has 3 aromatic rings. The maximum absolute atomic E-state index is 13.4. The molecule has 1 aliphatic rings. The van der Waals surface area contributed by atoms with Gasteiger partial charge in [-0.2, -0.15) is 0 Å². The quantitative estimate of drug-likeness (QED) is 0.233. The molecule has 3 amide bonds. The van der Waals surface area contributed by atoms with E-state index < -0.39 is 29.6 Å². The number of H-pyrrole nitrogens is 1. The van der Waals surface area contributed by atoms with Crippen LogP contribution in [0.25, 0.3) is 10.9 Å². The van der Waals surface area contributed by atoms with E-state index in [9.17, 15) is 19.2 Å². The Kier molecular flexibility index (Phi) is 9.88.